The first-order valence-electron chi connectivity index (χ1n) is 12.2. The fourth-order valence-corrected chi connectivity index (χ4v) is 6.19. The minimum Gasteiger partial charge on any atom is -0.504 e. The van der Waals surface area contributed by atoms with Gasteiger partial charge in [0, 0.05) is 5.56 Å². The van der Waals surface area contributed by atoms with E-state index < -0.39 is 0 Å². The number of carboxylic acid groups (broad SMARTS) is 1. The Bertz CT molecular complexity index is 1080. The number of rotatable bonds is 3. The highest BCUT2D eigenvalue weighted by atomic mass is 16.3. The second-order valence-electron chi connectivity index (χ2n) is 11.2. The van der Waals surface area contributed by atoms with Crippen LogP contribution in [0.15, 0.2) is 29.3 Å². The summed E-state index contributed by atoms with van der Waals surface area (Å²) in [6, 6.07) is 6.00. The third kappa shape index (κ3) is 4.76. The standard InChI is InChI=1S/C28H38O2.CH2O2/c1-17-11-12-28(6)14-13-27(4,5)23(24(28)15-17)10-9-20-18(2)7-8-21-19(3)26(30)25(29)16-22(20)21;2-1-3/h7-8,16-17,29-30H,9-15H2,1-6H3;1H,(H,2,3). The predicted octanol–water partition coefficient (Wildman–Crippen LogP) is 7.44. The van der Waals surface area contributed by atoms with E-state index in [0.717, 1.165) is 35.1 Å². The quantitative estimate of drug-likeness (QED) is 0.257. The lowest BCUT2D eigenvalue weighted by Crippen LogP contribution is -2.36. The Balaban J connectivity index is 0.000000968. The Hall–Kier alpha value is -2.49. The maximum atomic E-state index is 10.3. The van der Waals surface area contributed by atoms with Crippen molar-refractivity contribution in [2.24, 2.45) is 16.7 Å². The van der Waals surface area contributed by atoms with Crippen molar-refractivity contribution in [2.45, 2.75) is 86.5 Å². The van der Waals surface area contributed by atoms with Crippen LogP contribution in [-0.4, -0.2) is 21.8 Å². The van der Waals surface area contributed by atoms with Gasteiger partial charge in [-0.2, -0.15) is 0 Å². The van der Waals surface area contributed by atoms with Crippen molar-refractivity contribution in [1.82, 2.24) is 0 Å². The van der Waals surface area contributed by atoms with Gasteiger partial charge in [-0.15, -0.1) is 0 Å². The van der Waals surface area contributed by atoms with E-state index in [2.05, 4.69) is 46.8 Å². The first-order chi connectivity index (χ1) is 15.4. The summed E-state index contributed by atoms with van der Waals surface area (Å²) in [5.74, 6) is 0.780. The molecule has 33 heavy (non-hydrogen) atoms. The van der Waals surface area contributed by atoms with Gasteiger partial charge in [-0.05, 0) is 104 Å². The molecule has 2 aromatic carbocycles. The van der Waals surface area contributed by atoms with Crippen molar-refractivity contribution in [3.05, 3.63) is 46.0 Å². The molecule has 0 spiro atoms. The van der Waals surface area contributed by atoms with Gasteiger partial charge >= 0.3 is 0 Å². The predicted molar refractivity (Wildman–Crippen MR) is 135 cm³/mol. The molecule has 2 aliphatic rings. The molecule has 0 amide bonds. The van der Waals surface area contributed by atoms with E-state index in [0.29, 0.717) is 5.41 Å². The third-order valence-electron chi connectivity index (χ3n) is 8.45. The number of fused-ring (bicyclic) bond motifs is 2. The van der Waals surface area contributed by atoms with E-state index in [1.54, 1.807) is 17.2 Å². The van der Waals surface area contributed by atoms with Gasteiger partial charge in [-0.3, -0.25) is 4.79 Å². The highest BCUT2D eigenvalue weighted by Gasteiger charge is 2.43. The summed E-state index contributed by atoms with van der Waals surface area (Å²) >= 11 is 0. The fraction of sp³-hybridized carbons (Fsp3) is 0.552. The van der Waals surface area contributed by atoms with Crippen molar-refractivity contribution < 1.29 is 20.1 Å². The molecule has 2 aromatic rings. The van der Waals surface area contributed by atoms with Crippen LogP contribution >= 0.6 is 0 Å². The molecule has 0 saturated heterocycles. The lowest BCUT2D eigenvalue weighted by Gasteiger charge is -2.49. The van der Waals surface area contributed by atoms with Crippen molar-refractivity contribution in [3.63, 3.8) is 0 Å². The van der Waals surface area contributed by atoms with Gasteiger partial charge in [0.05, 0.1) is 0 Å². The topological polar surface area (TPSA) is 77.8 Å². The van der Waals surface area contributed by atoms with Crippen molar-refractivity contribution in [3.8, 4) is 11.5 Å². The smallest absolute Gasteiger partial charge is 0.290 e. The van der Waals surface area contributed by atoms with Crippen LogP contribution in [0.2, 0.25) is 0 Å². The number of phenolic OH excluding ortho intramolecular Hbond substituents is 2. The number of benzene rings is 2. The SMILES string of the molecule is Cc1ccc2c(C)c(O)c(O)cc2c1CCC1=C2CC(C)CCC2(C)CCC1(C)C.O=CO. The molecule has 4 nitrogen and oxygen atoms in total. The first kappa shape index (κ1) is 25.1. The largest absolute Gasteiger partial charge is 0.504 e. The highest BCUT2D eigenvalue weighted by Crippen LogP contribution is 2.56. The van der Waals surface area contributed by atoms with Crippen molar-refractivity contribution in [1.29, 1.82) is 0 Å². The second kappa shape index (κ2) is 9.40. The molecular weight excluding hydrogens is 412 g/mol. The zero-order valence-electron chi connectivity index (χ0n) is 21.1. The zero-order chi connectivity index (χ0) is 24.6. The van der Waals surface area contributed by atoms with E-state index in [1.165, 1.54) is 43.2 Å². The molecule has 0 radical (unpaired) electrons. The molecule has 180 valence electrons. The van der Waals surface area contributed by atoms with Crippen LogP contribution < -0.4 is 0 Å². The maximum Gasteiger partial charge on any atom is 0.290 e. The molecule has 0 aromatic heterocycles. The molecule has 0 bridgehead atoms. The number of aryl methyl sites for hydroxylation is 3. The zero-order valence-corrected chi connectivity index (χ0v) is 21.1. The lowest BCUT2D eigenvalue weighted by molar-refractivity contribution is -0.122. The minimum absolute atomic E-state index is 0.00241. The van der Waals surface area contributed by atoms with Crippen molar-refractivity contribution >= 4 is 17.2 Å². The minimum atomic E-state index is -0.250. The van der Waals surface area contributed by atoms with E-state index in [9.17, 15) is 10.2 Å². The Morgan fingerprint density at radius 2 is 1.70 bits per heavy atom. The number of allylic oxidation sites excluding steroid dienone is 2. The molecule has 1 fully saturated rings. The molecule has 2 aliphatic carbocycles. The third-order valence-corrected chi connectivity index (χ3v) is 8.45. The monoisotopic (exact) mass is 452 g/mol. The molecule has 0 heterocycles. The molecule has 1 saturated carbocycles. The van der Waals surface area contributed by atoms with Gasteiger partial charge in [0.1, 0.15) is 0 Å². The maximum absolute atomic E-state index is 10.3. The summed E-state index contributed by atoms with van der Waals surface area (Å²) in [5.41, 5.74) is 7.45. The summed E-state index contributed by atoms with van der Waals surface area (Å²) in [4.78, 5) is 8.36. The number of phenols is 2. The van der Waals surface area contributed by atoms with Crippen LogP contribution in [0, 0.1) is 30.6 Å². The van der Waals surface area contributed by atoms with Crippen LogP contribution in [0.1, 0.15) is 82.9 Å². The summed E-state index contributed by atoms with van der Waals surface area (Å²) < 4.78 is 0. The van der Waals surface area contributed by atoms with Gasteiger partial charge < -0.3 is 15.3 Å². The van der Waals surface area contributed by atoms with Crippen LogP contribution in [0.4, 0.5) is 0 Å². The van der Waals surface area contributed by atoms with Crippen LogP contribution in [0.3, 0.4) is 0 Å². The summed E-state index contributed by atoms with van der Waals surface area (Å²) in [7, 11) is 0. The molecular formula is C29H40O4. The average Bonchev–Trinajstić information content (AvgIpc) is 2.75. The van der Waals surface area contributed by atoms with Crippen LogP contribution in [0.5, 0.6) is 11.5 Å². The average molecular weight is 453 g/mol. The first-order valence-corrected chi connectivity index (χ1v) is 12.2. The van der Waals surface area contributed by atoms with Gasteiger partial charge in [-0.1, -0.05) is 51.0 Å². The van der Waals surface area contributed by atoms with E-state index in [1.807, 2.05) is 6.92 Å². The van der Waals surface area contributed by atoms with Gasteiger partial charge in [-0.25, -0.2) is 0 Å². The number of hydrogen-bond acceptors (Lipinski definition) is 3. The molecule has 3 N–H and O–H groups in total. The molecule has 2 unspecified atom stereocenters. The Labute approximate surface area is 198 Å². The van der Waals surface area contributed by atoms with Gasteiger partial charge in [0.2, 0.25) is 0 Å². The molecule has 4 rings (SSSR count). The van der Waals surface area contributed by atoms with E-state index in [-0.39, 0.29) is 23.4 Å². The summed E-state index contributed by atoms with van der Waals surface area (Å²) in [6.07, 6.45) is 8.63. The van der Waals surface area contributed by atoms with Crippen LogP contribution in [-0.2, 0) is 11.2 Å². The Kier molecular flexibility index (Phi) is 7.16. The lowest BCUT2D eigenvalue weighted by atomic mass is 9.56. The fourth-order valence-electron chi connectivity index (χ4n) is 6.19. The number of carbonyl (C=O) groups is 1. The van der Waals surface area contributed by atoms with E-state index >= 15 is 0 Å². The van der Waals surface area contributed by atoms with E-state index in [4.69, 9.17) is 9.90 Å². The summed E-state index contributed by atoms with van der Waals surface area (Å²) in [5, 5.41) is 29.5. The molecule has 2 atom stereocenters. The Morgan fingerprint density at radius 3 is 2.36 bits per heavy atom. The number of hydrogen-bond donors (Lipinski definition) is 3. The highest BCUT2D eigenvalue weighted by molar-refractivity contribution is 5.93. The van der Waals surface area contributed by atoms with Crippen molar-refractivity contribution in [2.75, 3.05) is 0 Å². The summed E-state index contributed by atoms with van der Waals surface area (Å²) in [6.45, 7) is 13.6. The normalized spacial score (nSPS) is 24.1. The van der Waals surface area contributed by atoms with Crippen LogP contribution in [0.25, 0.3) is 10.8 Å². The number of aromatic hydroxyl groups is 2. The molecule has 0 aliphatic heterocycles. The van der Waals surface area contributed by atoms with Gasteiger partial charge in [0.15, 0.2) is 11.5 Å². The van der Waals surface area contributed by atoms with Gasteiger partial charge in [0.25, 0.3) is 6.47 Å². The Morgan fingerprint density at radius 1 is 1.03 bits per heavy atom. The molecule has 4 heteroatoms. The second-order valence-corrected chi connectivity index (χ2v) is 11.2.